The lowest BCUT2D eigenvalue weighted by molar-refractivity contribution is 0.173. The molecule has 5 heteroatoms. The highest BCUT2D eigenvalue weighted by molar-refractivity contribution is 7.92. The van der Waals surface area contributed by atoms with Crippen LogP contribution in [-0.4, -0.2) is 45.2 Å². The Morgan fingerprint density at radius 3 is 2.25 bits per heavy atom. The largest absolute Gasteiger partial charge is 0.383 e. The molecule has 0 heterocycles. The van der Waals surface area contributed by atoms with E-state index in [9.17, 15) is 8.42 Å². The molecule has 1 atom stereocenters. The molecule has 4 nitrogen and oxygen atoms in total. The van der Waals surface area contributed by atoms with E-state index in [0.717, 1.165) is 13.0 Å². The average Bonchev–Trinajstić information content (AvgIpc) is 2.12. The number of hydrogen-bond donors (Lipinski definition) is 1. The lowest BCUT2D eigenvalue weighted by atomic mass is 10.3. The maximum atomic E-state index is 12.0. The molecular formula is C11H25NO3S. The van der Waals surface area contributed by atoms with Gasteiger partial charge in [0.1, 0.15) is 0 Å². The fourth-order valence-electron chi connectivity index (χ4n) is 1.23. The van der Waals surface area contributed by atoms with Crippen LogP contribution in [0.5, 0.6) is 0 Å². The SMILES string of the molecule is CCCNC(COC)CS(=O)(=O)C(C)(C)C. The monoisotopic (exact) mass is 251 g/mol. The molecule has 0 aliphatic rings. The van der Waals surface area contributed by atoms with Gasteiger partial charge in [-0.3, -0.25) is 0 Å². The van der Waals surface area contributed by atoms with Gasteiger partial charge in [-0.05, 0) is 33.7 Å². The summed E-state index contributed by atoms with van der Waals surface area (Å²) in [5.74, 6) is 0.129. The van der Waals surface area contributed by atoms with Gasteiger partial charge in [0.2, 0.25) is 0 Å². The topological polar surface area (TPSA) is 55.4 Å². The van der Waals surface area contributed by atoms with E-state index in [1.807, 2.05) is 0 Å². The molecule has 98 valence electrons. The Morgan fingerprint density at radius 2 is 1.88 bits per heavy atom. The first-order valence-corrected chi connectivity index (χ1v) is 7.34. The fraction of sp³-hybridized carbons (Fsp3) is 1.00. The van der Waals surface area contributed by atoms with Crippen molar-refractivity contribution in [3.63, 3.8) is 0 Å². The molecule has 0 rings (SSSR count). The van der Waals surface area contributed by atoms with Gasteiger partial charge in [-0.15, -0.1) is 0 Å². The molecule has 1 N–H and O–H groups in total. The predicted octanol–water partition coefficient (Wildman–Crippen LogP) is 1.21. The standard InChI is InChI=1S/C11H25NO3S/c1-6-7-12-10(8-15-5)9-16(13,14)11(2,3)4/h10,12H,6-9H2,1-5H3. The minimum absolute atomic E-state index is 0.117. The number of methoxy groups -OCH3 is 1. The third kappa shape index (κ3) is 5.27. The van der Waals surface area contributed by atoms with E-state index in [1.165, 1.54) is 0 Å². The zero-order chi connectivity index (χ0) is 12.8. The van der Waals surface area contributed by atoms with Crippen LogP contribution in [0.25, 0.3) is 0 Å². The molecule has 16 heavy (non-hydrogen) atoms. The Hall–Kier alpha value is -0.130. The minimum atomic E-state index is -3.09. The van der Waals surface area contributed by atoms with Crippen molar-refractivity contribution in [1.29, 1.82) is 0 Å². The molecule has 0 bridgehead atoms. The molecule has 0 saturated carbocycles. The summed E-state index contributed by atoms with van der Waals surface area (Å²) in [7, 11) is -1.50. The van der Waals surface area contributed by atoms with Crippen LogP contribution in [-0.2, 0) is 14.6 Å². The smallest absolute Gasteiger partial charge is 0.156 e. The van der Waals surface area contributed by atoms with E-state index in [-0.39, 0.29) is 11.8 Å². The van der Waals surface area contributed by atoms with Crippen molar-refractivity contribution in [2.75, 3.05) is 26.0 Å². The number of rotatable bonds is 7. The van der Waals surface area contributed by atoms with Gasteiger partial charge in [0, 0.05) is 13.2 Å². The zero-order valence-corrected chi connectivity index (χ0v) is 11.9. The Morgan fingerprint density at radius 1 is 1.31 bits per heavy atom. The Kier molecular flexibility index (Phi) is 6.51. The van der Waals surface area contributed by atoms with Crippen LogP contribution in [0.3, 0.4) is 0 Å². The molecule has 0 spiro atoms. The summed E-state index contributed by atoms with van der Waals surface area (Å²) in [6.45, 7) is 8.47. The first kappa shape index (κ1) is 15.9. The van der Waals surface area contributed by atoms with E-state index in [1.54, 1.807) is 27.9 Å². The molecule has 0 aromatic heterocycles. The zero-order valence-electron chi connectivity index (χ0n) is 11.0. The van der Waals surface area contributed by atoms with E-state index >= 15 is 0 Å². The second-order valence-corrected chi connectivity index (χ2v) is 7.79. The van der Waals surface area contributed by atoms with Gasteiger partial charge in [0.15, 0.2) is 9.84 Å². The molecule has 0 aromatic rings. The van der Waals surface area contributed by atoms with Crippen LogP contribution in [0.4, 0.5) is 0 Å². The summed E-state index contributed by atoms with van der Waals surface area (Å²) in [5, 5.41) is 3.19. The van der Waals surface area contributed by atoms with Crippen molar-refractivity contribution in [2.45, 2.75) is 44.9 Å². The molecule has 0 amide bonds. The number of nitrogens with one attached hydrogen (secondary N) is 1. The fourth-order valence-corrected chi connectivity index (χ4v) is 2.47. The van der Waals surface area contributed by atoms with Crippen molar-refractivity contribution in [3.8, 4) is 0 Å². The van der Waals surface area contributed by atoms with Crippen LogP contribution < -0.4 is 5.32 Å². The highest BCUT2D eigenvalue weighted by Gasteiger charge is 2.31. The lowest BCUT2D eigenvalue weighted by Crippen LogP contribution is -2.44. The molecule has 0 aliphatic carbocycles. The summed E-state index contributed by atoms with van der Waals surface area (Å²) < 4.78 is 28.3. The van der Waals surface area contributed by atoms with Crippen LogP contribution in [0.1, 0.15) is 34.1 Å². The summed E-state index contributed by atoms with van der Waals surface area (Å²) >= 11 is 0. The summed E-state index contributed by atoms with van der Waals surface area (Å²) in [6.07, 6.45) is 0.982. The van der Waals surface area contributed by atoms with Gasteiger partial charge in [-0.25, -0.2) is 8.42 Å². The first-order chi connectivity index (χ1) is 7.24. The van der Waals surface area contributed by atoms with Crippen LogP contribution >= 0.6 is 0 Å². The highest BCUT2D eigenvalue weighted by Crippen LogP contribution is 2.16. The van der Waals surface area contributed by atoms with Crippen molar-refractivity contribution >= 4 is 9.84 Å². The minimum Gasteiger partial charge on any atom is -0.383 e. The second kappa shape index (κ2) is 6.57. The third-order valence-electron chi connectivity index (χ3n) is 2.40. The van der Waals surface area contributed by atoms with E-state index in [2.05, 4.69) is 12.2 Å². The Labute approximate surface area is 99.7 Å². The molecule has 0 radical (unpaired) electrons. The van der Waals surface area contributed by atoms with Gasteiger partial charge >= 0.3 is 0 Å². The molecule has 0 aromatic carbocycles. The Balaban J connectivity index is 4.50. The van der Waals surface area contributed by atoms with Gasteiger partial charge in [-0.1, -0.05) is 6.92 Å². The number of hydrogen-bond acceptors (Lipinski definition) is 4. The second-order valence-electron chi connectivity index (χ2n) is 5.00. The van der Waals surface area contributed by atoms with Crippen molar-refractivity contribution in [3.05, 3.63) is 0 Å². The van der Waals surface area contributed by atoms with E-state index in [0.29, 0.717) is 6.61 Å². The van der Waals surface area contributed by atoms with E-state index in [4.69, 9.17) is 4.74 Å². The highest BCUT2D eigenvalue weighted by atomic mass is 32.2. The average molecular weight is 251 g/mol. The predicted molar refractivity (Wildman–Crippen MR) is 67.5 cm³/mol. The van der Waals surface area contributed by atoms with Gasteiger partial charge in [-0.2, -0.15) is 0 Å². The molecule has 0 aliphatic heterocycles. The number of sulfone groups is 1. The van der Waals surface area contributed by atoms with Crippen LogP contribution in [0, 0.1) is 0 Å². The summed E-state index contributed by atoms with van der Waals surface area (Å²) in [6, 6.07) is -0.117. The molecule has 1 unspecified atom stereocenters. The Bertz CT molecular complexity index is 280. The van der Waals surface area contributed by atoms with E-state index < -0.39 is 14.6 Å². The molecule has 0 fully saturated rings. The van der Waals surface area contributed by atoms with Gasteiger partial charge in [0.05, 0.1) is 17.1 Å². The quantitative estimate of drug-likeness (QED) is 0.739. The lowest BCUT2D eigenvalue weighted by Gasteiger charge is -2.24. The van der Waals surface area contributed by atoms with Gasteiger partial charge in [0.25, 0.3) is 0 Å². The van der Waals surface area contributed by atoms with Crippen LogP contribution in [0.2, 0.25) is 0 Å². The van der Waals surface area contributed by atoms with Crippen LogP contribution in [0.15, 0.2) is 0 Å². The normalized spacial score (nSPS) is 15.1. The van der Waals surface area contributed by atoms with Gasteiger partial charge < -0.3 is 10.1 Å². The summed E-state index contributed by atoms with van der Waals surface area (Å²) in [5.41, 5.74) is 0. The maximum absolute atomic E-state index is 12.0. The van der Waals surface area contributed by atoms with Crippen molar-refractivity contribution in [2.24, 2.45) is 0 Å². The number of ether oxygens (including phenoxy) is 1. The first-order valence-electron chi connectivity index (χ1n) is 5.69. The third-order valence-corrected chi connectivity index (χ3v) is 5.11. The van der Waals surface area contributed by atoms with Crippen molar-refractivity contribution in [1.82, 2.24) is 5.32 Å². The summed E-state index contributed by atoms with van der Waals surface area (Å²) in [4.78, 5) is 0. The molecule has 0 saturated heterocycles. The molecular weight excluding hydrogens is 226 g/mol. The van der Waals surface area contributed by atoms with Crippen molar-refractivity contribution < 1.29 is 13.2 Å². The maximum Gasteiger partial charge on any atom is 0.156 e.